The number of fused-ring (bicyclic) bond motifs is 2. The molecule has 1 saturated carbocycles. The lowest BCUT2D eigenvalue weighted by Crippen LogP contribution is -2.61. The molecule has 0 radical (unpaired) electrons. The molecule has 0 aromatic heterocycles. The zero-order valence-corrected chi connectivity index (χ0v) is 12.3. The van der Waals surface area contributed by atoms with E-state index in [0.717, 1.165) is 6.08 Å². The van der Waals surface area contributed by atoms with Crippen LogP contribution in [0.15, 0.2) is 23.8 Å². The molecule has 0 amide bonds. The molecule has 1 aliphatic carbocycles. The third-order valence-electron chi connectivity index (χ3n) is 4.62. The number of aliphatic hydroxyl groups excluding tert-OH is 1. The summed E-state index contributed by atoms with van der Waals surface area (Å²) >= 11 is 0. The Balaban J connectivity index is 2.43. The number of aliphatic hydroxyl groups is 2. The van der Waals surface area contributed by atoms with E-state index in [1.165, 1.54) is 12.2 Å². The minimum atomic E-state index is -1.59. The number of aliphatic carboxylic acids is 1. The molecule has 3 N–H and O–H groups in total. The highest BCUT2D eigenvalue weighted by atomic mass is 16.6. The molecule has 2 rings (SSSR count). The van der Waals surface area contributed by atoms with Crippen LogP contribution in [0.3, 0.4) is 0 Å². The van der Waals surface area contributed by atoms with E-state index in [1.54, 1.807) is 20.8 Å². The molecule has 2 bridgehead atoms. The van der Waals surface area contributed by atoms with E-state index in [-0.39, 0.29) is 12.8 Å². The van der Waals surface area contributed by atoms with Crippen LogP contribution >= 0.6 is 0 Å². The molecular formula is C15H20O6. The van der Waals surface area contributed by atoms with Crippen molar-refractivity contribution in [2.24, 2.45) is 5.41 Å². The largest absolute Gasteiger partial charge is 0.478 e. The fraction of sp³-hybridized carbons (Fsp3) is 0.600. The number of carbonyl (C=O) groups excluding carboxylic acids is 1. The molecule has 116 valence electrons. The van der Waals surface area contributed by atoms with Crippen molar-refractivity contribution >= 4 is 11.9 Å². The smallest absolute Gasteiger partial charge is 0.328 e. The molecule has 4 atom stereocenters. The Hall–Kier alpha value is -1.66. The Labute approximate surface area is 122 Å². The molecule has 0 unspecified atom stereocenters. The number of esters is 1. The van der Waals surface area contributed by atoms with Crippen molar-refractivity contribution in [2.45, 2.75) is 50.9 Å². The van der Waals surface area contributed by atoms with Gasteiger partial charge in [0, 0.05) is 12.5 Å². The van der Waals surface area contributed by atoms with Gasteiger partial charge in [-0.1, -0.05) is 6.08 Å². The first-order valence-corrected chi connectivity index (χ1v) is 6.78. The number of allylic oxidation sites excluding steroid dienone is 2. The van der Waals surface area contributed by atoms with E-state index in [4.69, 9.17) is 9.84 Å². The van der Waals surface area contributed by atoms with Crippen LogP contribution in [0, 0.1) is 5.41 Å². The maximum absolute atomic E-state index is 12.1. The maximum Gasteiger partial charge on any atom is 0.328 e. The summed E-state index contributed by atoms with van der Waals surface area (Å²) in [5.41, 5.74) is -3.64. The summed E-state index contributed by atoms with van der Waals surface area (Å²) in [6.45, 7) is 4.73. The molecule has 1 aliphatic heterocycles. The second-order valence-electron chi connectivity index (χ2n) is 6.34. The minimum absolute atomic E-state index is 0.101. The number of carbonyl (C=O) groups is 2. The first-order chi connectivity index (χ1) is 9.54. The minimum Gasteiger partial charge on any atom is -0.478 e. The van der Waals surface area contributed by atoms with Crippen LogP contribution < -0.4 is 0 Å². The number of carboxylic acid groups (broad SMARTS) is 1. The average molecular weight is 296 g/mol. The topological polar surface area (TPSA) is 104 Å². The molecule has 2 aliphatic rings. The van der Waals surface area contributed by atoms with Crippen LogP contribution in [0.25, 0.3) is 0 Å². The molecule has 6 nitrogen and oxygen atoms in total. The molecule has 1 saturated heterocycles. The van der Waals surface area contributed by atoms with Crippen molar-refractivity contribution in [1.29, 1.82) is 0 Å². The Bertz CT molecular complexity index is 550. The van der Waals surface area contributed by atoms with Gasteiger partial charge in [-0.15, -0.1) is 0 Å². The van der Waals surface area contributed by atoms with Crippen LogP contribution in [-0.4, -0.2) is 44.6 Å². The van der Waals surface area contributed by atoms with Crippen LogP contribution in [0.4, 0.5) is 0 Å². The lowest BCUT2D eigenvalue weighted by Gasteiger charge is -2.47. The maximum atomic E-state index is 12.1. The zero-order valence-electron chi connectivity index (χ0n) is 12.3. The molecule has 6 heteroatoms. The van der Waals surface area contributed by atoms with E-state index < -0.39 is 34.7 Å². The van der Waals surface area contributed by atoms with Crippen molar-refractivity contribution in [3.63, 3.8) is 0 Å². The van der Waals surface area contributed by atoms with Crippen LogP contribution in [0.1, 0.15) is 33.6 Å². The molecule has 0 aromatic carbocycles. The first-order valence-electron chi connectivity index (χ1n) is 6.78. The van der Waals surface area contributed by atoms with Crippen molar-refractivity contribution in [2.75, 3.05) is 0 Å². The zero-order chi connectivity index (χ0) is 16.1. The lowest BCUT2D eigenvalue weighted by atomic mass is 9.59. The molecule has 21 heavy (non-hydrogen) atoms. The summed E-state index contributed by atoms with van der Waals surface area (Å²) in [5, 5.41) is 29.6. The normalized spacial score (nSPS) is 43.2. The highest BCUT2D eigenvalue weighted by molar-refractivity contribution is 5.84. The highest BCUT2D eigenvalue weighted by Crippen LogP contribution is 2.58. The predicted molar refractivity (Wildman–Crippen MR) is 73.3 cm³/mol. The Morgan fingerprint density at radius 2 is 2.00 bits per heavy atom. The van der Waals surface area contributed by atoms with E-state index >= 15 is 0 Å². The fourth-order valence-electron chi connectivity index (χ4n) is 3.42. The van der Waals surface area contributed by atoms with Gasteiger partial charge in [0.15, 0.2) is 0 Å². The summed E-state index contributed by atoms with van der Waals surface area (Å²) in [6, 6.07) is 0. The Morgan fingerprint density at radius 1 is 1.38 bits per heavy atom. The van der Waals surface area contributed by atoms with Crippen LogP contribution in [-0.2, 0) is 14.3 Å². The quantitative estimate of drug-likeness (QED) is 0.404. The number of hydrogen-bond donors (Lipinski definition) is 3. The second-order valence-corrected chi connectivity index (χ2v) is 6.34. The third-order valence-corrected chi connectivity index (χ3v) is 4.62. The molecule has 0 aromatic rings. The fourth-order valence-corrected chi connectivity index (χ4v) is 3.42. The summed E-state index contributed by atoms with van der Waals surface area (Å²) in [4.78, 5) is 22.7. The molecule has 0 spiro atoms. The van der Waals surface area contributed by atoms with Gasteiger partial charge in [0.05, 0.1) is 6.10 Å². The van der Waals surface area contributed by atoms with Gasteiger partial charge in [-0.25, -0.2) is 4.79 Å². The van der Waals surface area contributed by atoms with Gasteiger partial charge in [-0.05, 0) is 38.8 Å². The summed E-state index contributed by atoms with van der Waals surface area (Å²) < 4.78 is 5.34. The Morgan fingerprint density at radius 3 is 2.52 bits per heavy atom. The SMILES string of the molecule is CC(=C/C(=O)O)/C=C/[C@@]1(O)[C@@]2(C)C[C@@H](O)C[C@]1(C)C(=O)O2. The van der Waals surface area contributed by atoms with Gasteiger partial charge in [0.25, 0.3) is 0 Å². The van der Waals surface area contributed by atoms with Gasteiger partial charge in [0.2, 0.25) is 0 Å². The number of hydrogen-bond acceptors (Lipinski definition) is 5. The highest BCUT2D eigenvalue weighted by Gasteiger charge is 2.72. The summed E-state index contributed by atoms with van der Waals surface area (Å²) in [6.07, 6.45) is 3.40. The van der Waals surface area contributed by atoms with Crippen molar-refractivity contribution < 1.29 is 29.6 Å². The standard InChI is InChI=1S/C15H20O6/c1-9(6-11(17)18)4-5-15(20)13(2)7-10(16)8-14(15,3)21-12(13)19/h4-6,10,16,20H,7-8H2,1-3H3,(H,17,18)/b5-4+,9-6-/t10-,13+,14+,15-/m0/s1. The van der Waals surface area contributed by atoms with E-state index in [0.29, 0.717) is 5.57 Å². The lowest BCUT2D eigenvalue weighted by molar-refractivity contribution is -0.156. The van der Waals surface area contributed by atoms with Gasteiger partial charge in [0.1, 0.15) is 16.6 Å². The summed E-state index contributed by atoms with van der Waals surface area (Å²) in [5.74, 6) is -1.63. The van der Waals surface area contributed by atoms with Crippen LogP contribution in [0.5, 0.6) is 0 Å². The van der Waals surface area contributed by atoms with E-state index in [9.17, 15) is 19.8 Å². The molecule has 2 fully saturated rings. The summed E-state index contributed by atoms with van der Waals surface area (Å²) in [7, 11) is 0. The van der Waals surface area contributed by atoms with Crippen molar-refractivity contribution in [1.82, 2.24) is 0 Å². The van der Waals surface area contributed by atoms with Gasteiger partial charge >= 0.3 is 11.9 Å². The molecule has 1 heterocycles. The predicted octanol–water partition coefficient (Wildman–Crippen LogP) is 0.781. The van der Waals surface area contributed by atoms with Gasteiger partial charge in [-0.2, -0.15) is 0 Å². The number of carboxylic acids is 1. The van der Waals surface area contributed by atoms with Crippen molar-refractivity contribution in [3.8, 4) is 0 Å². The average Bonchev–Trinajstić information content (AvgIpc) is 2.41. The Kier molecular flexibility index (Phi) is 3.50. The van der Waals surface area contributed by atoms with Gasteiger partial charge in [-0.3, -0.25) is 4.79 Å². The van der Waals surface area contributed by atoms with Gasteiger partial charge < -0.3 is 20.1 Å². The van der Waals surface area contributed by atoms with E-state index in [1.807, 2.05) is 0 Å². The molecular weight excluding hydrogens is 276 g/mol. The number of rotatable bonds is 3. The van der Waals surface area contributed by atoms with E-state index in [2.05, 4.69) is 0 Å². The third kappa shape index (κ3) is 2.18. The number of ether oxygens (including phenoxy) is 1. The van der Waals surface area contributed by atoms with Crippen molar-refractivity contribution in [3.05, 3.63) is 23.8 Å². The monoisotopic (exact) mass is 296 g/mol. The van der Waals surface area contributed by atoms with Crippen LogP contribution in [0.2, 0.25) is 0 Å². The first kappa shape index (κ1) is 15.7. The second kappa shape index (κ2) is 4.68.